The number of furan rings is 1. The van der Waals surface area contributed by atoms with E-state index >= 15 is 0 Å². The summed E-state index contributed by atoms with van der Waals surface area (Å²) in [6.07, 6.45) is 3.75. The molecule has 0 saturated carbocycles. The van der Waals surface area contributed by atoms with Crippen molar-refractivity contribution in [1.82, 2.24) is 4.57 Å². The van der Waals surface area contributed by atoms with Crippen molar-refractivity contribution < 1.29 is 23.5 Å². The Bertz CT molecular complexity index is 780. The summed E-state index contributed by atoms with van der Waals surface area (Å²) in [4.78, 5) is 24.5. The first-order valence-corrected chi connectivity index (χ1v) is 8.50. The zero-order chi connectivity index (χ0) is 18.0. The highest BCUT2D eigenvalue weighted by molar-refractivity contribution is 6.00. The van der Waals surface area contributed by atoms with E-state index in [-0.39, 0.29) is 18.5 Å². The van der Waals surface area contributed by atoms with Crippen LogP contribution in [0.5, 0.6) is 0 Å². The second-order valence-corrected chi connectivity index (χ2v) is 6.42. The lowest BCUT2D eigenvalue weighted by atomic mass is 10.1. The summed E-state index contributed by atoms with van der Waals surface area (Å²) < 4.78 is 18.0. The van der Waals surface area contributed by atoms with Gasteiger partial charge in [-0.15, -0.1) is 0 Å². The lowest BCUT2D eigenvalue weighted by Gasteiger charge is -2.14. The number of aryl methyl sites for hydroxylation is 2. The van der Waals surface area contributed by atoms with E-state index in [0.717, 1.165) is 37.4 Å². The van der Waals surface area contributed by atoms with Crippen LogP contribution in [0.2, 0.25) is 0 Å². The maximum absolute atomic E-state index is 12.5. The van der Waals surface area contributed by atoms with Crippen molar-refractivity contribution in [3.8, 4) is 0 Å². The maximum atomic E-state index is 12.5. The molecule has 2 aromatic rings. The molecule has 0 aliphatic carbocycles. The number of aromatic nitrogens is 1. The van der Waals surface area contributed by atoms with Gasteiger partial charge in [0.1, 0.15) is 11.3 Å². The Kier molecular flexibility index (Phi) is 5.08. The Hall–Kier alpha value is -2.34. The van der Waals surface area contributed by atoms with Gasteiger partial charge < -0.3 is 18.5 Å². The van der Waals surface area contributed by atoms with Gasteiger partial charge in [0.15, 0.2) is 6.61 Å². The van der Waals surface area contributed by atoms with Gasteiger partial charge in [-0.1, -0.05) is 0 Å². The summed E-state index contributed by atoms with van der Waals surface area (Å²) >= 11 is 0. The molecule has 3 heterocycles. The van der Waals surface area contributed by atoms with E-state index in [1.807, 2.05) is 19.9 Å². The first-order valence-electron chi connectivity index (χ1n) is 8.50. The number of Topliss-reactive ketones (excluding diaryl/α,β-unsaturated/α-hetero) is 1. The van der Waals surface area contributed by atoms with Gasteiger partial charge in [0.05, 0.1) is 12.4 Å². The van der Waals surface area contributed by atoms with Gasteiger partial charge in [0.25, 0.3) is 0 Å². The van der Waals surface area contributed by atoms with Crippen LogP contribution >= 0.6 is 0 Å². The summed E-state index contributed by atoms with van der Waals surface area (Å²) in [5, 5.41) is 0. The largest absolute Gasteiger partial charge is 0.469 e. The highest BCUT2D eigenvalue weighted by Gasteiger charge is 2.22. The molecular weight excluding hydrogens is 322 g/mol. The average Bonchev–Trinajstić information content (AvgIpc) is 3.30. The molecule has 0 radical (unpaired) electrons. The minimum atomic E-state index is -0.548. The second-order valence-electron chi connectivity index (χ2n) is 6.42. The van der Waals surface area contributed by atoms with Crippen LogP contribution in [0.1, 0.15) is 50.7 Å². The summed E-state index contributed by atoms with van der Waals surface area (Å²) in [5.41, 5.74) is 2.82. The third-order valence-electron chi connectivity index (χ3n) is 4.70. The molecule has 1 atom stereocenters. The molecule has 134 valence electrons. The summed E-state index contributed by atoms with van der Waals surface area (Å²) in [6, 6.07) is 3.39. The quantitative estimate of drug-likeness (QED) is 0.594. The number of ketones is 1. The van der Waals surface area contributed by atoms with Crippen LogP contribution in [0, 0.1) is 20.8 Å². The Morgan fingerprint density at radius 1 is 1.28 bits per heavy atom. The molecule has 0 spiro atoms. The second kappa shape index (κ2) is 7.27. The van der Waals surface area contributed by atoms with E-state index in [0.29, 0.717) is 16.9 Å². The zero-order valence-electron chi connectivity index (χ0n) is 14.8. The normalized spacial score (nSPS) is 17.0. The molecule has 1 fully saturated rings. The molecule has 3 rings (SSSR count). The molecule has 0 aromatic carbocycles. The van der Waals surface area contributed by atoms with Gasteiger partial charge in [-0.2, -0.15) is 0 Å². The molecule has 0 bridgehead atoms. The number of rotatable bonds is 6. The minimum absolute atomic E-state index is 0.203. The SMILES string of the molecule is Cc1occc1C(=O)OCC(=O)c1cc(C)n(CC2CCCO2)c1C. The predicted molar refractivity (Wildman–Crippen MR) is 90.9 cm³/mol. The Balaban J connectivity index is 1.66. The number of nitrogens with zero attached hydrogens (tertiary/aromatic N) is 1. The van der Waals surface area contributed by atoms with Gasteiger partial charge in [-0.05, 0) is 45.7 Å². The maximum Gasteiger partial charge on any atom is 0.342 e. The van der Waals surface area contributed by atoms with E-state index in [9.17, 15) is 9.59 Å². The smallest absolute Gasteiger partial charge is 0.342 e. The number of hydrogen-bond donors (Lipinski definition) is 0. The molecule has 6 heteroatoms. The fourth-order valence-corrected chi connectivity index (χ4v) is 3.24. The topological polar surface area (TPSA) is 70.7 Å². The highest BCUT2D eigenvalue weighted by atomic mass is 16.5. The molecule has 0 N–H and O–H groups in total. The zero-order valence-corrected chi connectivity index (χ0v) is 14.8. The van der Waals surface area contributed by atoms with Crippen LogP contribution in [-0.4, -0.2) is 35.6 Å². The van der Waals surface area contributed by atoms with Crippen LogP contribution in [0.15, 0.2) is 22.8 Å². The molecule has 1 aliphatic rings. The number of esters is 1. The van der Waals surface area contributed by atoms with E-state index in [1.165, 1.54) is 12.3 Å². The number of ether oxygens (including phenoxy) is 2. The van der Waals surface area contributed by atoms with E-state index in [4.69, 9.17) is 13.9 Å². The van der Waals surface area contributed by atoms with Crippen molar-refractivity contribution in [2.75, 3.05) is 13.2 Å². The molecular formula is C19H23NO5. The monoisotopic (exact) mass is 345 g/mol. The third-order valence-corrected chi connectivity index (χ3v) is 4.70. The minimum Gasteiger partial charge on any atom is -0.469 e. The third kappa shape index (κ3) is 3.69. The Morgan fingerprint density at radius 2 is 2.08 bits per heavy atom. The van der Waals surface area contributed by atoms with Crippen LogP contribution in [0.4, 0.5) is 0 Å². The van der Waals surface area contributed by atoms with Crippen molar-refractivity contribution in [3.63, 3.8) is 0 Å². The van der Waals surface area contributed by atoms with Crippen LogP contribution < -0.4 is 0 Å². The standard InChI is InChI=1S/C19H23NO5/c1-12-9-17(13(2)20(12)10-15-5-4-7-24-15)18(21)11-25-19(22)16-6-8-23-14(16)3/h6,8-9,15H,4-5,7,10-11H2,1-3H3. The number of hydrogen-bond acceptors (Lipinski definition) is 5. The van der Waals surface area contributed by atoms with Crippen molar-refractivity contribution in [1.29, 1.82) is 0 Å². The lowest BCUT2D eigenvalue weighted by molar-refractivity contribution is 0.0472. The summed E-state index contributed by atoms with van der Waals surface area (Å²) in [6.45, 7) is 6.83. The fraction of sp³-hybridized carbons (Fsp3) is 0.474. The highest BCUT2D eigenvalue weighted by Crippen LogP contribution is 2.21. The summed E-state index contributed by atoms with van der Waals surface area (Å²) in [5.74, 6) is -0.277. The van der Waals surface area contributed by atoms with Gasteiger partial charge in [-0.25, -0.2) is 4.79 Å². The first kappa shape index (κ1) is 17.5. The van der Waals surface area contributed by atoms with E-state index in [2.05, 4.69) is 4.57 Å². The fourth-order valence-electron chi connectivity index (χ4n) is 3.24. The van der Waals surface area contributed by atoms with Gasteiger partial charge in [-0.3, -0.25) is 4.79 Å². The predicted octanol–water partition coefficient (Wildman–Crippen LogP) is 3.23. The summed E-state index contributed by atoms with van der Waals surface area (Å²) in [7, 11) is 0. The Labute approximate surface area is 146 Å². The number of carbonyl (C=O) groups excluding carboxylic acids is 2. The van der Waals surface area contributed by atoms with Gasteiger partial charge in [0, 0.05) is 30.1 Å². The molecule has 1 saturated heterocycles. The van der Waals surface area contributed by atoms with Gasteiger partial charge >= 0.3 is 5.97 Å². The lowest BCUT2D eigenvalue weighted by Crippen LogP contribution is -2.18. The molecule has 1 aliphatic heterocycles. The Morgan fingerprint density at radius 3 is 2.72 bits per heavy atom. The van der Waals surface area contributed by atoms with Crippen molar-refractivity contribution in [2.24, 2.45) is 0 Å². The van der Waals surface area contributed by atoms with Crippen molar-refractivity contribution >= 4 is 11.8 Å². The van der Waals surface area contributed by atoms with Crippen molar-refractivity contribution in [3.05, 3.63) is 46.7 Å². The molecule has 1 unspecified atom stereocenters. The first-order chi connectivity index (χ1) is 12.0. The molecule has 0 amide bonds. The van der Waals surface area contributed by atoms with Crippen LogP contribution in [-0.2, 0) is 16.0 Å². The van der Waals surface area contributed by atoms with Crippen LogP contribution in [0.25, 0.3) is 0 Å². The van der Waals surface area contributed by atoms with E-state index < -0.39 is 5.97 Å². The van der Waals surface area contributed by atoms with Crippen molar-refractivity contribution in [2.45, 2.75) is 46.3 Å². The molecule has 6 nitrogen and oxygen atoms in total. The average molecular weight is 345 g/mol. The number of carbonyl (C=O) groups is 2. The molecule has 25 heavy (non-hydrogen) atoms. The van der Waals surface area contributed by atoms with Crippen LogP contribution in [0.3, 0.4) is 0 Å². The molecule has 2 aromatic heterocycles. The van der Waals surface area contributed by atoms with Gasteiger partial charge in [0.2, 0.25) is 5.78 Å². The van der Waals surface area contributed by atoms with E-state index in [1.54, 1.807) is 6.92 Å².